The Morgan fingerprint density at radius 3 is 2.52 bits per heavy atom. The molecule has 0 aliphatic heterocycles. The average molecular weight is 438 g/mol. The molecule has 1 N–H and O–H groups in total. The summed E-state index contributed by atoms with van der Waals surface area (Å²) in [4.78, 5) is 4.44. The van der Waals surface area contributed by atoms with Crippen LogP contribution in [0.25, 0.3) is 6.08 Å². The van der Waals surface area contributed by atoms with Crippen molar-refractivity contribution in [3.8, 4) is 0 Å². The number of hydrogen-bond acceptors (Lipinski definition) is 4. The van der Waals surface area contributed by atoms with Crippen LogP contribution >= 0.6 is 11.3 Å². The van der Waals surface area contributed by atoms with E-state index in [2.05, 4.69) is 58.8 Å². The number of allylic oxidation sites excluding steroid dienone is 1. The normalized spacial score (nSPS) is 16.2. The maximum absolute atomic E-state index is 10.4. The first-order valence-electron chi connectivity index (χ1n) is 10.9. The number of nitrogens with zero attached hydrogens (tertiary/aromatic N) is 1. The summed E-state index contributed by atoms with van der Waals surface area (Å²) in [5, 5.41) is 13.8. The van der Waals surface area contributed by atoms with Gasteiger partial charge in [0.25, 0.3) is 0 Å². The van der Waals surface area contributed by atoms with Crippen LogP contribution in [0.15, 0.2) is 22.6 Å². The number of aryl methyl sites for hydroxylation is 1. The molecule has 1 aromatic rings. The molecule has 166 valence electrons. The minimum Gasteiger partial charge on any atom is -0.417 e. The molecule has 0 spiro atoms. The van der Waals surface area contributed by atoms with E-state index in [1.165, 1.54) is 18.4 Å². The molecule has 3 nitrogen and oxygen atoms in total. The second-order valence-electron chi connectivity index (χ2n) is 10.1. The SMILES string of the molecule is C/C(=C\CC(O)/C(C)=C/c1csc(C)n1)CCC[C@H](C)CO[Si](C)(C)C(C)(C)C. The topological polar surface area (TPSA) is 42.4 Å². The molecule has 1 rings (SSSR count). The van der Waals surface area contributed by atoms with Gasteiger partial charge >= 0.3 is 0 Å². The highest BCUT2D eigenvalue weighted by Gasteiger charge is 2.37. The molecule has 0 aromatic carbocycles. The zero-order chi connectivity index (χ0) is 22.2. The van der Waals surface area contributed by atoms with Crippen molar-refractivity contribution >= 4 is 25.7 Å². The Morgan fingerprint density at radius 1 is 1.31 bits per heavy atom. The van der Waals surface area contributed by atoms with E-state index in [1.54, 1.807) is 11.3 Å². The third-order valence-corrected chi connectivity index (χ3v) is 11.3. The predicted molar refractivity (Wildman–Crippen MR) is 131 cm³/mol. The van der Waals surface area contributed by atoms with Crippen LogP contribution in [-0.2, 0) is 4.43 Å². The third kappa shape index (κ3) is 9.73. The van der Waals surface area contributed by atoms with Crippen LogP contribution in [0.4, 0.5) is 0 Å². The van der Waals surface area contributed by atoms with Gasteiger partial charge in [-0.1, -0.05) is 39.3 Å². The molecular formula is C24H43NO2SSi. The minimum absolute atomic E-state index is 0.276. The summed E-state index contributed by atoms with van der Waals surface area (Å²) in [6.07, 6.45) is 7.85. The van der Waals surface area contributed by atoms with Crippen LogP contribution in [-0.4, -0.2) is 31.1 Å². The summed E-state index contributed by atoms with van der Waals surface area (Å²) >= 11 is 1.64. The van der Waals surface area contributed by atoms with Crippen LogP contribution in [0, 0.1) is 12.8 Å². The van der Waals surface area contributed by atoms with Crippen LogP contribution in [0.1, 0.15) is 77.9 Å². The molecule has 0 fully saturated rings. The van der Waals surface area contributed by atoms with Gasteiger partial charge in [-0.05, 0) is 82.2 Å². The van der Waals surface area contributed by atoms with Gasteiger partial charge < -0.3 is 9.53 Å². The summed E-state index contributed by atoms with van der Waals surface area (Å²) in [7, 11) is -1.64. The lowest BCUT2D eigenvalue weighted by Crippen LogP contribution is -2.41. The van der Waals surface area contributed by atoms with Crippen molar-refractivity contribution in [2.45, 2.75) is 98.4 Å². The molecule has 0 aliphatic rings. The van der Waals surface area contributed by atoms with Crippen molar-refractivity contribution < 1.29 is 9.53 Å². The van der Waals surface area contributed by atoms with Gasteiger partial charge in [-0.3, -0.25) is 0 Å². The van der Waals surface area contributed by atoms with Crippen molar-refractivity contribution in [3.05, 3.63) is 33.3 Å². The minimum atomic E-state index is -1.64. The summed E-state index contributed by atoms with van der Waals surface area (Å²) in [5.41, 5.74) is 3.27. The van der Waals surface area contributed by atoms with Crippen molar-refractivity contribution in [1.82, 2.24) is 4.98 Å². The highest BCUT2D eigenvalue weighted by molar-refractivity contribution is 7.09. The van der Waals surface area contributed by atoms with Gasteiger partial charge in [-0.25, -0.2) is 4.98 Å². The summed E-state index contributed by atoms with van der Waals surface area (Å²) in [5.74, 6) is 0.592. The third-order valence-electron chi connectivity index (χ3n) is 6.03. The summed E-state index contributed by atoms with van der Waals surface area (Å²) < 4.78 is 6.35. The van der Waals surface area contributed by atoms with E-state index in [1.807, 2.05) is 25.3 Å². The number of rotatable bonds is 11. The molecule has 0 radical (unpaired) electrons. The number of hydrogen-bond donors (Lipinski definition) is 1. The van der Waals surface area contributed by atoms with E-state index in [4.69, 9.17) is 4.43 Å². The first kappa shape index (κ1) is 26.3. The van der Waals surface area contributed by atoms with E-state index in [0.29, 0.717) is 12.3 Å². The zero-order valence-electron chi connectivity index (χ0n) is 20.1. The summed E-state index contributed by atoms with van der Waals surface area (Å²) in [6.45, 7) is 20.8. The first-order valence-corrected chi connectivity index (χ1v) is 14.7. The van der Waals surface area contributed by atoms with E-state index in [9.17, 15) is 5.11 Å². The molecule has 1 unspecified atom stereocenters. The molecule has 0 aliphatic carbocycles. The maximum Gasteiger partial charge on any atom is 0.191 e. The lowest BCUT2D eigenvalue weighted by Gasteiger charge is -2.37. The maximum atomic E-state index is 10.4. The Bertz CT molecular complexity index is 685. The highest BCUT2D eigenvalue weighted by Crippen LogP contribution is 2.37. The molecule has 1 aromatic heterocycles. The van der Waals surface area contributed by atoms with Crippen LogP contribution < -0.4 is 0 Å². The average Bonchev–Trinajstić information content (AvgIpc) is 3.01. The van der Waals surface area contributed by atoms with Gasteiger partial charge in [0.2, 0.25) is 0 Å². The fourth-order valence-corrected chi connectivity index (χ4v) is 4.46. The Morgan fingerprint density at radius 2 is 1.97 bits per heavy atom. The van der Waals surface area contributed by atoms with Gasteiger partial charge in [0.1, 0.15) is 0 Å². The molecule has 29 heavy (non-hydrogen) atoms. The van der Waals surface area contributed by atoms with Crippen LogP contribution in [0.5, 0.6) is 0 Å². The molecule has 2 atom stereocenters. The number of thiazole rings is 1. The van der Waals surface area contributed by atoms with Crippen molar-refractivity contribution in [1.29, 1.82) is 0 Å². The zero-order valence-corrected chi connectivity index (χ0v) is 21.9. The van der Waals surface area contributed by atoms with Crippen molar-refractivity contribution in [2.24, 2.45) is 5.92 Å². The molecule has 0 saturated carbocycles. The monoisotopic (exact) mass is 437 g/mol. The Balaban J connectivity index is 2.35. The standard InChI is InChI=1S/C24H43NO2SSi/c1-18(11-10-12-19(2)16-27-29(8,9)24(5,6)7)13-14-23(26)20(3)15-22-17-28-21(4)25-22/h13,15,17,19,23,26H,10-12,14,16H2,1-9H3/b18-13+,20-15+/t19-,23?/m0/s1. The quantitative estimate of drug-likeness (QED) is 0.290. The van der Waals surface area contributed by atoms with E-state index < -0.39 is 14.4 Å². The fourth-order valence-electron chi connectivity index (χ4n) is 2.76. The second-order valence-corrected chi connectivity index (χ2v) is 15.9. The highest BCUT2D eigenvalue weighted by atomic mass is 32.1. The lowest BCUT2D eigenvalue weighted by atomic mass is 10.0. The molecule has 1 heterocycles. The smallest absolute Gasteiger partial charge is 0.191 e. The van der Waals surface area contributed by atoms with E-state index >= 15 is 0 Å². The van der Waals surface area contributed by atoms with E-state index in [-0.39, 0.29) is 5.04 Å². The fraction of sp³-hybridized carbons (Fsp3) is 0.708. The van der Waals surface area contributed by atoms with E-state index in [0.717, 1.165) is 29.3 Å². The van der Waals surface area contributed by atoms with Crippen molar-refractivity contribution in [2.75, 3.05) is 6.61 Å². The Labute approximate surface area is 184 Å². The van der Waals surface area contributed by atoms with Gasteiger partial charge in [-0.15, -0.1) is 11.3 Å². The lowest BCUT2D eigenvalue weighted by molar-refractivity contribution is 0.215. The first-order chi connectivity index (χ1) is 13.3. The number of aliphatic hydroxyl groups excluding tert-OH is 1. The molecule has 0 bridgehead atoms. The summed E-state index contributed by atoms with van der Waals surface area (Å²) in [6, 6.07) is 0. The van der Waals surface area contributed by atoms with Gasteiger partial charge in [-0.2, -0.15) is 0 Å². The molecular weight excluding hydrogens is 394 g/mol. The second kappa shape index (κ2) is 11.6. The molecule has 0 saturated heterocycles. The Hall–Kier alpha value is -0.753. The van der Waals surface area contributed by atoms with Gasteiger partial charge in [0, 0.05) is 12.0 Å². The van der Waals surface area contributed by atoms with Gasteiger partial charge in [0.15, 0.2) is 8.32 Å². The molecule has 0 amide bonds. The molecule has 5 heteroatoms. The van der Waals surface area contributed by atoms with Crippen LogP contribution in [0.3, 0.4) is 0 Å². The largest absolute Gasteiger partial charge is 0.417 e. The van der Waals surface area contributed by atoms with Crippen LogP contribution in [0.2, 0.25) is 18.1 Å². The Kier molecular flexibility index (Phi) is 10.5. The number of aliphatic hydroxyl groups is 1. The predicted octanol–water partition coefficient (Wildman–Crippen LogP) is 7.38. The van der Waals surface area contributed by atoms with Gasteiger partial charge in [0.05, 0.1) is 16.8 Å². The number of aromatic nitrogens is 1. The van der Waals surface area contributed by atoms with Crippen molar-refractivity contribution in [3.63, 3.8) is 0 Å².